The zero-order valence-corrected chi connectivity index (χ0v) is 64.3. The molecule has 9 heteroatoms. The first kappa shape index (κ1) is 66.9. The maximum atomic E-state index is 10.5. The molecule has 20 rings (SSSR count). The van der Waals surface area contributed by atoms with Crippen molar-refractivity contribution < 1.29 is 9.47 Å². The topological polar surface area (TPSA) is 58.6 Å². The first-order chi connectivity index (χ1) is 53.0. The molecule has 2 aromatic heterocycles. The van der Waals surface area contributed by atoms with Crippen LogP contribution in [0.2, 0.25) is 0 Å². The van der Waals surface area contributed by atoms with E-state index in [0.29, 0.717) is 5.56 Å². The van der Waals surface area contributed by atoms with Gasteiger partial charge in [0.2, 0.25) is 0 Å². The average Bonchev–Trinajstić information content (AvgIpc) is 0.777. The van der Waals surface area contributed by atoms with Crippen LogP contribution in [0.4, 0.5) is 34.1 Å². The van der Waals surface area contributed by atoms with Gasteiger partial charge >= 0.3 is 0 Å². The highest BCUT2D eigenvalue weighted by Gasteiger charge is 2.47. The lowest BCUT2D eigenvalue weighted by Gasteiger charge is -2.45. The minimum Gasteiger partial charge on any atom is -0.458 e. The van der Waals surface area contributed by atoms with Crippen molar-refractivity contribution in [2.24, 2.45) is 0 Å². The number of nitrogens with zero attached hydrogens (tertiary/aromatic N) is 5. The van der Waals surface area contributed by atoms with Crippen molar-refractivity contribution in [2.45, 2.75) is 105 Å². The molecule has 0 aliphatic carbocycles. The van der Waals surface area contributed by atoms with E-state index < -0.39 is 0 Å². The second-order valence-electron chi connectivity index (χ2n) is 34.8. The van der Waals surface area contributed by atoms with E-state index in [4.69, 9.17) is 9.47 Å². The summed E-state index contributed by atoms with van der Waals surface area (Å²) in [5.74, 6) is 3.26. The van der Waals surface area contributed by atoms with Crippen molar-refractivity contribution in [2.75, 3.05) is 9.80 Å². The quantitative estimate of drug-likeness (QED) is 0.149. The van der Waals surface area contributed by atoms with Crippen molar-refractivity contribution in [3.63, 3.8) is 0 Å². The smallest absolute Gasteiger partial charge is 0.260 e. The van der Waals surface area contributed by atoms with Crippen molar-refractivity contribution >= 4 is 124 Å². The van der Waals surface area contributed by atoms with Crippen LogP contribution >= 0.6 is 0 Å². The molecule has 0 radical (unpaired) electrons. The summed E-state index contributed by atoms with van der Waals surface area (Å²) in [4.78, 5) is 5.19. The Morgan fingerprint density at radius 3 is 1.15 bits per heavy atom. The molecule has 0 spiro atoms. The lowest BCUT2D eigenvalue weighted by molar-refractivity contribution is 0.463. The molecule has 4 aliphatic rings. The highest BCUT2D eigenvalue weighted by Crippen LogP contribution is 2.53. The van der Waals surface area contributed by atoms with Gasteiger partial charge in [-0.3, -0.25) is 0 Å². The fraction of sp³-hybridized carbons (Fsp3) is 0.158. The Kier molecular flexibility index (Phi) is 14.7. The number of benzene rings is 14. The Morgan fingerprint density at radius 2 is 0.664 bits per heavy atom. The predicted molar refractivity (Wildman–Crippen MR) is 463 cm³/mol. The van der Waals surface area contributed by atoms with Gasteiger partial charge in [0.1, 0.15) is 23.0 Å². The molecule has 530 valence electrons. The Labute approximate surface area is 645 Å². The first-order valence-electron chi connectivity index (χ1n) is 38.7. The number of hydrogen-bond acceptors (Lipinski definition) is 5. The highest BCUT2D eigenvalue weighted by molar-refractivity contribution is 7.00. The second-order valence-corrected chi connectivity index (χ2v) is 34.8. The van der Waals surface area contributed by atoms with Gasteiger partial charge in [0, 0.05) is 72.3 Å². The summed E-state index contributed by atoms with van der Waals surface area (Å²) in [6.07, 6.45) is 0. The van der Waals surface area contributed by atoms with E-state index in [-0.39, 0.29) is 35.1 Å². The van der Waals surface area contributed by atoms with Crippen molar-refractivity contribution in [1.82, 2.24) is 9.13 Å². The van der Waals surface area contributed by atoms with Crippen LogP contribution in [0.5, 0.6) is 23.0 Å². The van der Waals surface area contributed by atoms with E-state index in [0.717, 1.165) is 151 Å². The Morgan fingerprint density at radius 1 is 0.282 bits per heavy atom. The number of ether oxygens (including phenoxy) is 2. The van der Waals surface area contributed by atoms with E-state index in [1.807, 2.05) is 6.07 Å². The molecule has 0 saturated carbocycles. The third-order valence-electron chi connectivity index (χ3n) is 23.9. The molecule has 0 amide bonds. The fourth-order valence-electron chi connectivity index (χ4n) is 18.1. The molecule has 14 aromatic carbocycles. The van der Waals surface area contributed by atoms with Gasteiger partial charge in [0.05, 0.1) is 45.1 Å². The third kappa shape index (κ3) is 10.5. The van der Waals surface area contributed by atoms with Crippen molar-refractivity contribution in [3.8, 4) is 73.8 Å². The van der Waals surface area contributed by atoms with Gasteiger partial charge in [0.25, 0.3) is 13.4 Å². The molecular formula is C101H83B2N5O2. The Hall–Kier alpha value is -12.5. The van der Waals surface area contributed by atoms with E-state index in [1.54, 1.807) is 0 Å². The predicted octanol–water partition coefficient (Wildman–Crippen LogP) is 22.8. The zero-order chi connectivity index (χ0) is 75.2. The van der Waals surface area contributed by atoms with Crippen LogP contribution in [0.25, 0.3) is 88.4 Å². The van der Waals surface area contributed by atoms with Gasteiger partial charge in [-0.1, -0.05) is 241 Å². The Balaban J connectivity index is 0.915. The third-order valence-corrected chi connectivity index (χ3v) is 23.9. The molecular weight excluding hydrogens is 1340 g/mol. The molecule has 0 atom stereocenters. The van der Waals surface area contributed by atoms with Crippen LogP contribution in [0, 0.1) is 11.3 Å². The number of anilines is 6. The highest BCUT2D eigenvalue weighted by atomic mass is 16.5. The van der Waals surface area contributed by atoms with Crippen molar-refractivity contribution in [3.05, 3.63) is 313 Å². The second kappa shape index (κ2) is 24.3. The van der Waals surface area contributed by atoms with E-state index in [1.165, 1.54) is 49.4 Å². The molecule has 6 heterocycles. The standard InChI is InChI=1S/C101H83B2N5O2/c1-98(2,3)66-37-46-85-75(54-66)74-49-61(60-104)35-45-84(74)105(85)70-40-43-78-88(58-70)107(82-32-22-19-29-72(82)62-25-15-13-16-26-62)90-50-64(65-52-94-97-95(53-65)110-93-57-69(101(10,11)12)36-42-81(93)103(97)80-31-21-24-34-92(80)109-94)51-91-96(90)102(78)79-44-41-71(59-89(79)108(91)83-33-23-20-30-73(83)63-27-17-14-18-28-63)106-86-47-38-67(99(4,5)6)55-76(86)77-56-68(100(7,8)9)39-48-87(77)106/h13-59H,1-12H3. The van der Waals surface area contributed by atoms with Gasteiger partial charge in [-0.15, -0.1) is 0 Å². The van der Waals surface area contributed by atoms with E-state index >= 15 is 0 Å². The Bertz CT molecular complexity index is 6560. The van der Waals surface area contributed by atoms with Crippen LogP contribution in [-0.4, -0.2) is 22.6 Å². The van der Waals surface area contributed by atoms with Gasteiger partial charge in [-0.05, 0) is 221 Å². The average molecular weight is 1420 g/mol. The van der Waals surface area contributed by atoms with Crippen LogP contribution < -0.4 is 52.1 Å². The first-order valence-corrected chi connectivity index (χ1v) is 38.7. The molecule has 16 aromatic rings. The van der Waals surface area contributed by atoms with Crippen LogP contribution in [0.3, 0.4) is 0 Å². The summed E-state index contributed by atoms with van der Waals surface area (Å²) in [5.41, 5.74) is 31.3. The van der Waals surface area contributed by atoms with E-state index in [2.05, 4.69) is 387 Å². The summed E-state index contributed by atoms with van der Waals surface area (Å²) in [6, 6.07) is 109. The number of nitriles is 1. The molecule has 0 unspecified atom stereocenters. The van der Waals surface area contributed by atoms with Gasteiger partial charge in [0.15, 0.2) is 0 Å². The number of fused-ring (bicyclic) bond motifs is 14. The minimum atomic E-state index is -0.294. The lowest BCUT2D eigenvalue weighted by atomic mass is 9.33. The molecule has 0 saturated heterocycles. The molecule has 0 N–H and O–H groups in total. The lowest BCUT2D eigenvalue weighted by Crippen LogP contribution is -2.61. The van der Waals surface area contributed by atoms with Gasteiger partial charge in [-0.2, -0.15) is 5.26 Å². The van der Waals surface area contributed by atoms with Gasteiger partial charge < -0.3 is 28.4 Å². The summed E-state index contributed by atoms with van der Waals surface area (Å²) in [5, 5.41) is 15.2. The monoisotopic (exact) mass is 1420 g/mol. The number of hydrogen-bond donors (Lipinski definition) is 0. The molecule has 110 heavy (non-hydrogen) atoms. The molecule has 0 fully saturated rings. The summed E-state index contributed by atoms with van der Waals surface area (Å²) >= 11 is 0. The summed E-state index contributed by atoms with van der Waals surface area (Å²) in [7, 11) is 0. The largest absolute Gasteiger partial charge is 0.458 e. The van der Waals surface area contributed by atoms with Crippen molar-refractivity contribution in [1.29, 1.82) is 5.26 Å². The maximum absolute atomic E-state index is 10.5. The molecule has 7 nitrogen and oxygen atoms in total. The fourth-order valence-corrected chi connectivity index (χ4v) is 18.1. The van der Waals surface area contributed by atoms with Crippen LogP contribution in [0.1, 0.15) is 111 Å². The molecule has 0 bridgehead atoms. The maximum Gasteiger partial charge on any atom is 0.260 e. The zero-order valence-electron chi connectivity index (χ0n) is 64.3. The minimum absolute atomic E-state index is 0.0720. The normalized spacial score (nSPS) is 13.5. The van der Waals surface area contributed by atoms with E-state index in [9.17, 15) is 5.26 Å². The van der Waals surface area contributed by atoms with Crippen LogP contribution in [0.15, 0.2) is 285 Å². The van der Waals surface area contributed by atoms with Crippen LogP contribution in [-0.2, 0) is 21.7 Å². The summed E-state index contributed by atoms with van der Waals surface area (Å²) < 4.78 is 19.6. The number of aromatic nitrogens is 2. The molecule has 4 aliphatic heterocycles. The number of rotatable bonds is 7. The summed E-state index contributed by atoms with van der Waals surface area (Å²) in [6.45, 7) is 27.1. The number of para-hydroxylation sites is 3. The van der Waals surface area contributed by atoms with Gasteiger partial charge in [-0.25, -0.2) is 0 Å². The SMILES string of the molecule is CC(C)(C)c1ccc2c(c1)Oc1cc(-c3cc4c5c(c3)N(c3ccccc3-c3ccccc3)c3cc(-n6c7ccc(C(C)(C)C)cc7c7cc(C(C)(C)C)ccc76)ccc3B5c3ccc(-n5c6ccc(C#N)cc6c6cc(C(C)(C)C)ccc65)cc3N4c3ccccc3-c3ccccc3)cc3c1B2c1ccccc1O3.